The number of anilines is 3. The van der Waals surface area contributed by atoms with Gasteiger partial charge in [0.1, 0.15) is 17.7 Å². The predicted octanol–water partition coefficient (Wildman–Crippen LogP) is 2.69. The van der Waals surface area contributed by atoms with Crippen LogP contribution in [0.5, 0.6) is 5.75 Å². The van der Waals surface area contributed by atoms with Gasteiger partial charge in [-0.15, -0.1) is 0 Å². The molecule has 4 heterocycles. The zero-order chi connectivity index (χ0) is 24.1. The summed E-state index contributed by atoms with van der Waals surface area (Å²) >= 11 is 0. The Morgan fingerprint density at radius 1 is 1.20 bits per heavy atom. The fourth-order valence-corrected chi connectivity index (χ4v) is 4.40. The van der Waals surface area contributed by atoms with Crippen LogP contribution in [0.15, 0.2) is 59.7 Å². The van der Waals surface area contributed by atoms with Gasteiger partial charge in [-0.3, -0.25) is 14.5 Å². The molecule has 0 amide bonds. The molecule has 0 saturated heterocycles. The van der Waals surface area contributed by atoms with Crippen molar-refractivity contribution in [1.82, 2.24) is 24.7 Å². The van der Waals surface area contributed by atoms with Gasteiger partial charge in [-0.05, 0) is 30.3 Å². The molecule has 35 heavy (non-hydrogen) atoms. The number of fused-ring (bicyclic) bond motifs is 4. The fourth-order valence-electron chi connectivity index (χ4n) is 4.40. The lowest BCUT2D eigenvalue weighted by atomic mass is 10.2. The Morgan fingerprint density at radius 2 is 2.06 bits per heavy atom. The third-order valence-corrected chi connectivity index (χ3v) is 6.07. The van der Waals surface area contributed by atoms with E-state index in [2.05, 4.69) is 30.4 Å². The van der Waals surface area contributed by atoms with Crippen molar-refractivity contribution in [3.8, 4) is 11.4 Å². The second kappa shape index (κ2) is 7.97. The van der Waals surface area contributed by atoms with Crippen LogP contribution in [-0.2, 0) is 0 Å². The van der Waals surface area contributed by atoms with E-state index in [1.54, 1.807) is 24.4 Å². The molecule has 11 heteroatoms. The van der Waals surface area contributed by atoms with Crippen molar-refractivity contribution in [2.45, 2.75) is 6.10 Å². The van der Waals surface area contributed by atoms with Crippen LogP contribution in [0.4, 0.5) is 21.7 Å². The lowest BCUT2D eigenvalue weighted by molar-refractivity contribution is 0.208. The minimum atomic E-state index is -0.537. The summed E-state index contributed by atoms with van der Waals surface area (Å²) < 4.78 is 22.1. The summed E-state index contributed by atoms with van der Waals surface area (Å²) in [5.74, 6) is 0.495. The molecular formula is C24H21FN8O2. The van der Waals surface area contributed by atoms with Crippen molar-refractivity contribution in [3.63, 3.8) is 0 Å². The molecular weight excluding hydrogens is 451 g/mol. The predicted molar refractivity (Wildman–Crippen MR) is 132 cm³/mol. The molecule has 0 bridgehead atoms. The number of hydrogen-bond acceptors (Lipinski definition) is 8. The van der Waals surface area contributed by atoms with Gasteiger partial charge in [-0.2, -0.15) is 10.1 Å². The molecule has 0 fully saturated rings. The lowest BCUT2D eigenvalue weighted by Gasteiger charge is -2.34. The number of nitrogens with one attached hydrogen (secondary N) is 2. The van der Waals surface area contributed by atoms with Crippen LogP contribution in [0.3, 0.4) is 0 Å². The Balaban J connectivity index is 1.37. The van der Waals surface area contributed by atoms with Crippen LogP contribution in [0.1, 0.15) is 0 Å². The molecule has 1 unspecified atom stereocenters. The van der Waals surface area contributed by atoms with E-state index in [-0.39, 0.29) is 23.4 Å². The number of halogens is 1. The van der Waals surface area contributed by atoms with Gasteiger partial charge in [0.05, 0.1) is 47.0 Å². The first-order chi connectivity index (χ1) is 17.0. The molecule has 1 aliphatic heterocycles. The molecule has 2 aromatic carbocycles. The lowest BCUT2D eigenvalue weighted by Crippen LogP contribution is -2.41. The van der Waals surface area contributed by atoms with Gasteiger partial charge >= 0.3 is 0 Å². The number of para-hydroxylation sites is 1. The van der Waals surface area contributed by atoms with Crippen molar-refractivity contribution in [3.05, 3.63) is 71.0 Å². The zero-order valence-corrected chi connectivity index (χ0v) is 18.7. The molecule has 1 aliphatic rings. The fraction of sp³-hybridized carbons (Fsp3) is 0.167. The summed E-state index contributed by atoms with van der Waals surface area (Å²) in [6, 6.07) is 11.6. The van der Waals surface area contributed by atoms with Crippen LogP contribution < -0.4 is 26.2 Å². The van der Waals surface area contributed by atoms with Crippen LogP contribution in [-0.4, -0.2) is 51.0 Å². The number of nitrogens with two attached hydrogens (primary N) is 1. The Hall–Kier alpha value is -4.67. The molecule has 1 atom stereocenters. The van der Waals surface area contributed by atoms with E-state index in [9.17, 15) is 9.18 Å². The molecule has 10 nitrogen and oxygen atoms in total. The van der Waals surface area contributed by atoms with E-state index in [1.165, 1.54) is 22.9 Å². The smallest absolute Gasteiger partial charge is 0.267 e. The van der Waals surface area contributed by atoms with Gasteiger partial charge in [0.25, 0.3) is 5.56 Å². The first kappa shape index (κ1) is 20.9. The maximum Gasteiger partial charge on any atom is 0.267 e. The molecule has 3 aromatic heterocycles. The highest BCUT2D eigenvalue weighted by atomic mass is 19.1. The second-order valence-corrected chi connectivity index (χ2v) is 8.41. The van der Waals surface area contributed by atoms with Crippen molar-refractivity contribution in [2.75, 3.05) is 36.1 Å². The highest BCUT2D eigenvalue weighted by Crippen LogP contribution is 2.34. The third-order valence-electron chi connectivity index (χ3n) is 6.07. The molecule has 6 rings (SSSR count). The number of nitrogen functional groups attached to an aromatic ring is 1. The van der Waals surface area contributed by atoms with Crippen LogP contribution in [0.25, 0.3) is 27.6 Å². The number of ether oxygens (including phenoxy) is 1. The van der Waals surface area contributed by atoms with Gasteiger partial charge in [0, 0.05) is 18.9 Å². The van der Waals surface area contributed by atoms with Crippen molar-refractivity contribution in [2.24, 2.45) is 0 Å². The quantitative estimate of drug-likeness (QED) is 0.341. The summed E-state index contributed by atoms with van der Waals surface area (Å²) in [5, 5.41) is 10.9. The monoisotopic (exact) mass is 472 g/mol. The van der Waals surface area contributed by atoms with Crippen LogP contribution in [0, 0.1) is 5.82 Å². The maximum absolute atomic E-state index is 14.7. The average Bonchev–Trinajstić information content (AvgIpc) is 3.35. The summed E-state index contributed by atoms with van der Waals surface area (Å²) in [6.45, 7) is 1.04. The number of aromatic nitrogens is 5. The Bertz CT molecular complexity index is 1650. The van der Waals surface area contributed by atoms with E-state index in [4.69, 9.17) is 10.5 Å². The highest BCUT2D eigenvalue weighted by Gasteiger charge is 2.24. The van der Waals surface area contributed by atoms with E-state index < -0.39 is 11.4 Å². The molecule has 0 spiro atoms. The van der Waals surface area contributed by atoms with Gasteiger partial charge in [0.2, 0.25) is 5.95 Å². The largest absolute Gasteiger partial charge is 0.485 e. The van der Waals surface area contributed by atoms with Gasteiger partial charge in [0.15, 0.2) is 5.65 Å². The number of aromatic amines is 1. The van der Waals surface area contributed by atoms with Crippen molar-refractivity contribution < 1.29 is 9.13 Å². The van der Waals surface area contributed by atoms with Crippen LogP contribution >= 0.6 is 0 Å². The van der Waals surface area contributed by atoms with Gasteiger partial charge < -0.3 is 20.7 Å². The zero-order valence-electron chi connectivity index (χ0n) is 18.7. The summed E-state index contributed by atoms with van der Waals surface area (Å²) in [4.78, 5) is 24.3. The number of rotatable bonds is 4. The molecule has 0 saturated carbocycles. The molecule has 176 valence electrons. The molecule has 0 radical (unpaired) electrons. The number of benzene rings is 2. The maximum atomic E-state index is 14.7. The Kier molecular flexibility index (Phi) is 4.76. The number of pyridine rings is 1. The summed E-state index contributed by atoms with van der Waals surface area (Å²) in [7, 11) is 1.98. The first-order valence-electron chi connectivity index (χ1n) is 11.0. The minimum Gasteiger partial charge on any atom is -0.485 e. The van der Waals surface area contributed by atoms with Crippen molar-refractivity contribution >= 4 is 39.3 Å². The van der Waals surface area contributed by atoms with E-state index in [0.717, 1.165) is 11.4 Å². The van der Waals surface area contributed by atoms with E-state index in [0.29, 0.717) is 35.1 Å². The summed E-state index contributed by atoms with van der Waals surface area (Å²) in [6.07, 6.45) is 2.83. The topological polar surface area (TPSA) is 127 Å². The number of hydrogen-bond donors (Lipinski definition) is 3. The van der Waals surface area contributed by atoms with Gasteiger partial charge in [-0.25, -0.2) is 9.37 Å². The number of H-pyrrole nitrogens is 1. The number of likely N-dealkylation sites (N-methyl/N-ethyl adjacent to an activating group) is 1. The molecule has 5 aromatic rings. The van der Waals surface area contributed by atoms with Crippen LogP contribution in [0.2, 0.25) is 0 Å². The number of nitrogens with zero attached hydrogens (tertiary/aromatic N) is 5. The SMILES string of the molecule is CN1CC(CNc2ncc3c4[nH]ncc4c(=O)n(-c4ccccc4F)c3n2)Oc2ccc(N)cc21. The third kappa shape index (κ3) is 3.48. The first-order valence-corrected chi connectivity index (χ1v) is 11.0. The second-order valence-electron chi connectivity index (χ2n) is 8.41. The average molecular weight is 472 g/mol. The Morgan fingerprint density at radius 3 is 2.91 bits per heavy atom. The standard InChI is InChI=1S/C24H21FN8O2/c1-32-12-14(35-20-7-6-13(26)8-19(20)32)9-27-24-28-10-15-21-16(11-29-31-21)23(34)33(22(15)30-24)18-5-3-2-4-17(18)25/h2-8,10-11,14H,9,12,26H2,1H3,(H,29,31)(H,27,28,30). The van der Waals surface area contributed by atoms with Gasteiger partial charge in [-0.1, -0.05) is 12.1 Å². The van der Waals surface area contributed by atoms with E-state index in [1.807, 2.05) is 19.2 Å². The van der Waals surface area contributed by atoms with Crippen molar-refractivity contribution in [1.29, 1.82) is 0 Å². The molecule has 4 N–H and O–H groups in total. The normalized spacial score (nSPS) is 15.3. The highest BCUT2D eigenvalue weighted by molar-refractivity contribution is 6.02. The van der Waals surface area contributed by atoms with E-state index >= 15 is 0 Å². The molecule has 0 aliphatic carbocycles. The minimum absolute atomic E-state index is 0.100. The Labute approximate surface area is 198 Å². The summed E-state index contributed by atoms with van der Waals surface area (Å²) in [5.41, 5.74) is 7.93.